The van der Waals surface area contributed by atoms with Crippen LogP contribution in [0.3, 0.4) is 0 Å². The Kier molecular flexibility index (Phi) is 31.6. The number of aromatic hydroxyl groups is 3. The first-order valence-electron chi connectivity index (χ1n) is 45.8. The summed E-state index contributed by atoms with van der Waals surface area (Å²) in [5.41, 5.74) is 9.19. The molecule has 19 N–H and O–H groups in total. The van der Waals surface area contributed by atoms with Gasteiger partial charge in [-0.25, -0.2) is 13.1 Å². The maximum atomic E-state index is 16.8. The predicted molar refractivity (Wildman–Crippen MR) is 483 cm³/mol. The molecule has 5 amide bonds. The largest absolute Gasteiger partial charge is 0.507 e. The number of halogens is 2. The van der Waals surface area contributed by atoms with E-state index in [0.29, 0.717) is 43.5 Å². The standard InChI is InChI=1S/C96H120Cl2N8O26S/c1-7-9-12-25-126-57-16-18-58(19-17-57)133(124,125)102-24-11-10-23-101-43-63-67(109)41-62-78(85(63)116)61-32-50(13-20-66(61)108)60-40-69(111)79-55-36-73(128-71-21-14-51(33-64(71)97)83(114)81(105-91(120)49(8-2)26-45(3)4)68(110)35-56(38-76(99)113)92(121)103-79)88(132-95-89(87(118)86(117)75(44-107)130-95)131-77-42-96(6,100)90(119)46(5)127-77)74(37-55)129-72-22-15-52(34-65(72)98)84(115)82(106-93(60)122)94(123)104-80(62)70(112)39-59-53-28-47-27-48(30-53)31-54(59)29-47/h13-22,32-34,36-37,41,45-49,53-54,56,59-60,75,77,79-84,86-87,89-90,95,101-102,107-109,114-119H,7-12,23-31,35,38-40,42-44,100H2,1-6H3,(H2,99,113)(H,103,121)(H,104,123)(H,105,120)(H,106,122)/t46-,47?,48?,49+,53?,54?,56-,59?,60+,75+,77-,79+,80-,81-,82-,83+,84+,86+,87-,89+,90+,95-,96-/m0/s1. The Morgan fingerprint density at radius 3 is 1.95 bits per heavy atom. The van der Waals surface area contributed by atoms with Crippen molar-refractivity contribution in [1.29, 1.82) is 0 Å². The van der Waals surface area contributed by atoms with Gasteiger partial charge in [-0.05, 0) is 227 Å². The second-order valence-electron chi connectivity index (χ2n) is 37.6. The van der Waals surface area contributed by atoms with E-state index in [-0.39, 0.29) is 134 Å². The number of fused-ring (bicyclic) bond motifs is 15. The molecule has 17 rings (SSSR count). The summed E-state index contributed by atoms with van der Waals surface area (Å²) in [5.74, 6) is -15.7. The lowest BCUT2D eigenvalue weighted by Crippen LogP contribution is -2.64. The Labute approximate surface area is 780 Å². The fourth-order valence-corrected chi connectivity index (χ4v) is 21.9. The van der Waals surface area contributed by atoms with E-state index in [1.165, 1.54) is 80.6 Å². The SMILES string of the molecule is CCCCCOc1ccc(S(=O)(=O)NCCCCNCc2c(O)cc3c(c2O)-c2cc(ccc2O)[C@H]2CC(=O)[C@@H]4NC(=O)[C@H](CC(N)=O)CC(=O)[C@H](NC(=O)[C@H](CC)CC(C)C)[C@H](O)c5ccc(c(Cl)c5)Oc5cc4cc(c5O[C@@H]4O[C@H](CO)[C@@H](O)[C@H](O)[C@H]4O[C@H]4C[C@](C)(N)[C@H](O)[C@H](C)O4)Oc4ccc(cc4Cl)[C@@H](O)[C@H](NC2=O)C(=O)N[C@@H]3C(=O)CC2C3CC4CC(C3)CC2C4)cc1. The minimum atomic E-state index is -3.95. The van der Waals surface area contributed by atoms with E-state index in [2.05, 4.69) is 38.2 Å². The number of amides is 5. The zero-order valence-electron chi connectivity index (χ0n) is 74.9. The number of nitrogens with two attached hydrogens (primary N) is 2. The highest BCUT2D eigenvalue weighted by Gasteiger charge is 2.54. The summed E-state index contributed by atoms with van der Waals surface area (Å²) in [6.07, 6.45) is -12.0. The highest BCUT2D eigenvalue weighted by atomic mass is 35.5. The number of benzene rings is 6. The van der Waals surface area contributed by atoms with Gasteiger partial charge >= 0.3 is 0 Å². The number of primary amides is 1. The number of ether oxygens (including phenoxy) is 7. The van der Waals surface area contributed by atoms with Crippen LogP contribution < -0.4 is 61.7 Å². The molecule has 37 heteroatoms. The molecule has 0 aromatic heterocycles. The van der Waals surface area contributed by atoms with Crippen molar-refractivity contribution in [3.05, 3.63) is 140 Å². The number of carbonyl (C=O) groups is 8. The number of unbranched alkanes of at least 4 members (excludes halogenated alkanes) is 3. The van der Waals surface area contributed by atoms with Gasteiger partial charge in [0.15, 0.2) is 41.2 Å². The van der Waals surface area contributed by atoms with Crippen LogP contribution in [0.1, 0.15) is 214 Å². The average Bonchev–Trinajstić information content (AvgIpc) is 0.750. The molecule has 11 aliphatic rings. The van der Waals surface area contributed by atoms with Crippen LogP contribution in [-0.4, -0.2) is 194 Å². The fraction of sp³-hybridized carbons (Fsp3) is 0.542. The molecule has 0 spiro atoms. The molecule has 7 aliphatic heterocycles. The van der Waals surface area contributed by atoms with E-state index in [4.69, 9.17) is 67.8 Å². The molecule has 2 saturated heterocycles. The Hall–Kier alpha value is -9.67. The van der Waals surface area contributed by atoms with E-state index in [0.717, 1.165) is 69.6 Å². The van der Waals surface area contributed by atoms with Gasteiger partial charge in [-0.1, -0.05) is 81.9 Å². The van der Waals surface area contributed by atoms with Gasteiger partial charge in [-0.15, -0.1) is 0 Å². The van der Waals surface area contributed by atoms with Gasteiger partial charge < -0.3 is 117 Å². The molecule has 15 bridgehead atoms. The molecule has 0 radical (unpaired) electrons. The molecule has 6 aromatic carbocycles. The van der Waals surface area contributed by atoms with Crippen LogP contribution in [-0.2, 0) is 69.1 Å². The minimum absolute atomic E-state index is 0.0175. The maximum Gasteiger partial charge on any atom is 0.246 e. The number of Topliss-reactive ketones (excluding diaryl/α,β-unsaturated/α-hetero) is 3. The lowest BCUT2D eigenvalue weighted by atomic mass is 9.51. The van der Waals surface area contributed by atoms with Gasteiger partial charge in [0.05, 0.1) is 57.8 Å². The molecular formula is C96H120Cl2N8O26S. The summed E-state index contributed by atoms with van der Waals surface area (Å²) in [5, 5.41) is 123. The van der Waals surface area contributed by atoms with Crippen LogP contribution in [0, 0.1) is 47.3 Å². The summed E-state index contributed by atoms with van der Waals surface area (Å²) < 4.78 is 74.5. The lowest BCUT2D eigenvalue weighted by Gasteiger charge is -2.54. The maximum absolute atomic E-state index is 16.8. The van der Waals surface area contributed by atoms with Crippen molar-refractivity contribution < 1.29 is 126 Å². The molecule has 34 nitrogen and oxygen atoms in total. The van der Waals surface area contributed by atoms with Crippen LogP contribution in [0.2, 0.25) is 10.0 Å². The van der Waals surface area contributed by atoms with E-state index in [1.54, 1.807) is 19.1 Å². The van der Waals surface area contributed by atoms with Gasteiger partial charge in [0.2, 0.25) is 51.6 Å². The number of aliphatic hydroxyl groups excluding tert-OH is 6. The number of hydrogen-bond acceptors (Lipinski definition) is 28. The van der Waals surface area contributed by atoms with Gasteiger partial charge in [0, 0.05) is 67.8 Å². The highest BCUT2D eigenvalue weighted by Crippen LogP contribution is 2.59. The summed E-state index contributed by atoms with van der Waals surface area (Å²) >= 11 is 14.6. The van der Waals surface area contributed by atoms with Crippen LogP contribution in [0.5, 0.6) is 51.7 Å². The highest BCUT2D eigenvalue weighted by molar-refractivity contribution is 7.89. The first-order chi connectivity index (χ1) is 63.3. The van der Waals surface area contributed by atoms with Crippen molar-refractivity contribution in [2.24, 2.45) is 58.8 Å². The fourth-order valence-electron chi connectivity index (χ4n) is 20.4. The molecule has 7 heterocycles. The molecule has 720 valence electrons. The normalized spacial score (nSPS) is 29.6. The number of sulfonamides is 1. The second-order valence-corrected chi connectivity index (χ2v) is 40.1. The van der Waals surface area contributed by atoms with Crippen molar-refractivity contribution in [1.82, 2.24) is 31.3 Å². The number of phenols is 3. The van der Waals surface area contributed by atoms with Gasteiger partial charge in [-0.3, -0.25) is 38.4 Å². The third-order valence-electron chi connectivity index (χ3n) is 27.4. The van der Waals surface area contributed by atoms with E-state index >= 15 is 28.8 Å². The van der Waals surface area contributed by atoms with E-state index in [1.807, 2.05) is 13.8 Å². The summed E-state index contributed by atoms with van der Waals surface area (Å²) in [6, 6.07) is 12.3. The van der Waals surface area contributed by atoms with Gasteiger partial charge in [-0.2, -0.15) is 0 Å². The Morgan fingerprint density at radius 1 is 0.692 bits per heavy atom. The van der Waals surface area contributed by atoms with E-state index in [9.17, 15) is 64.0 Å². The molecule has 133 heavy (non-hydrogen) atoms. The predicted octanol–water partition coefficient (Wildman–Crippen LogP) is 8.88. The molecular weight excluding hydrogens is 1780 g/mol. The van der Waals surface area contributed by atoms with Crippen molar-refractivity contribution in [2.45, 2.75) is 259 Å². The van der Waals surface area contributed by atoms with Gasteiger partial charge in [0.1, 0.15) is 89.2 Å². The number of hydrogen-bond donors (Lipinski definition) is 17. The minimum Gasteiger partial charge on any atom is -0.507 e. The number of aliphatic hydroxyl groups is 6. The van der Waals surface area contributed by atoms with Crippen molar-refractivity contribution >= 4 is 80.1 Å². The lowest BCUT2D eigenvalue weighted by molar-refractivity contribution is -0.333. The third-order valence-corrected chi connectivity index (χ3v) is 29.4. The average molecular weight is 1910 g/mol. The first kappa shape index (κ1) is 99.3. The van der Waals surface area contributed by atoms with Crippen LogP contribution in [0.15, 0.2) is 102 Å². The molecule has 6 aromatic rings. The molecule has 6 fully saturated rings. The molecule has 18 atom stereocenters. The molecule has 4 saturated carbocycles. The molecule has 4 aliphatic carbocycles. The van der Waals surface area contributed by atoms with Gasteiger partial charge in [0.25, 0.3) is 0 Å². The number of rotatable bonds is 29. The Balaban J connectivity index is 0.913. The number of phenolic OH excluding ortho intramolecular Hbond substituents is 3. The quantitative estimate of drug-likeness (QED) is 0.0195. The zero-order valence-corrected chi connectivity index (χ0v) is 77.2. The number of ketones is 3. The first-order valence-corrected chi connectivity index (χ1v) is 48.0. The third kappa shape index (κ3) is 22.4. The molecule has 0 unspecified atom stereocenters. The van der Waals surface area contributed by atoms with Crippen LogP contribution >= 0.6 is 23.2 Å². The van der Waals surface area contributed by atoms with Crippen molar-refractivity contribution in [3.8, 4) is 62.9 Å². The summed E-state index contributed by atoms with van der Waals surface area (Å²) in [6.45, 7) is 10.0. The number of carbonyl (C=O) groups excluding carboxylic acids is 8. The van der Waals surface area contributed by atoms with Crippen LogP contribution in [0.25, 0.3) is 11.1 Å². The topological polar surface area (TPSA) is 542 Å². The summed E-state index contributed by atoms with van der Waals surface area (Å²) in [4.78, 5) is 124. The summed E-state index contributed by atoms with van der Waals surface area (Å²) in [7, 11) is -3.95. The second kappa shape index (κ2) is 42.3. The number of nitrogens with one attached hydrogen (secondary N) is 6. The van der Waals surface area contributed by atoms with Crippen molar-refractivity contribution in [3.63, 3.8) is 0 Å². The smallest absolute Gasteiger partial charge is 0.246 e. The van der Waals surface area contributed by atoms with Crippen LogP contribution in [0.4, 0.5) is 0 Å². The Bertz CT molecular complexity index is 5410. The Morgan fingerprint density at radius 2 is 1.34 bits per heavy atom. The zero-order chi connectivity index (χ0) is 95.5. The van der Waals surface area contributed by atoms with Crippen molar-refractivity contribution in [2.75, 3.05) is 26.3 Å². The van der Waals surface area contributed by atoms with E-state index < -0.39 is 226 Å². The monoisotopic (exact) mass is 1900 g/mol.